The van der Waals surface area contributed by atoms with Crippen LogP contribution in [0.15, 0.2) is 0 Å². The summed E-state index contributed by atoms with van der Waals surface area (Å²) in [5, 5.41) is 2.37. The molecule has 0 unspecified atom stereocenters. The SMILES string of the molecule is COCC[C@@H](C)NC(=O)N1CCC(C(F)(F)F)(C(F)(F)F)C1. The molecule has 0 radical (unpaired) electrons. The summed E-state index contributed by atoms with van der Waals surface area (Å²) >= 11 is 0. The van der Waals surface area contributed by atoms with Gasteiger partial charge in [0.1, 0.15) is 0 Å². The molecule has 22 heavy (non-hydrogen) atoms. The number of nitrogens with one attached hydrogen (secondary N) is 1. The van der Waals surface area contributed by atoms with E-state index in [4.69, 9.17) is 4.74 Å². The van der Waals surface area contributed by atoms with Crippen LogP contribution >= 0.6 is 0 Å². The molecule has 1 fully saturated rings. The first-order valence-electron chi connectivity index (χ1n) is 6.62. The van der Waals surface area contributed by atoms with Gasteiger partial charge in [0.25, 0.3) is 0 Å². The number of halogens is 6. The van der Waals surface area contributed by atoms with Gasteiger partial charge in [-0.3, -0.25) is 0 Å². The molecule has 1 heterocycles. The van der Waals surface area contributed by atoms with Gasteiger partial charge in [0.05, 0.1) is 0 Å². The number of carbonyl (C=O) groups excluding carboxylic acids is 1. The van der Waals surface area contributed by atoms with Crippen molar-refractivity contribution in [2.45, 2.75) is 38.2 Å². The van der Waals surface area contributed by atoms with Crippen molar-refractivity contribution < 1.29 is 35.9 Å². The van der Waals surface area contributed by atoms with Crippen molar-refractivity contribution >= 4 is 6.03 Å². The van der Waals surface area contributed by atoms with Crippen molar-refractivity contribution in [2.75, 3.05) is 26.8 Å². The fourth-order valence-corrected chi connectivity index (χ4v) is 2.28. The number of alkyl halides is 6. The molecule has 1 N–H and O–H groups in total. The molecule has 0 saturated carbocycles. The van der Waals surface area contributed by atoms with Gasteiger partial charge >= 0.3 is 18.4 Å². The molecule has 0 aromatic heterocycles. The van der Waals surface area contributed by atoms with Crippen LogP contribution in [-0.2, 0) is 4.74 Å². The van der Waals surface area contributed by atoms with Crippen molar-refractivity contribution in [3.63, 3.8) is 0 Å². The van der Waals surface area contributed by atoms with Crippen LogP contribution in [0, 0.1) is 5.41 Å². The number of nitrogens with zero attached hydrogens (tertiary/aromatic N) is 1. The van der Waals surface area contributed by atoms with Crippen LogP contribution in [0.3, 0.4) is 0 Å². The summed E-state index contributed by atoms with van der Waals surface area (Å²) in [6.45, 7) is -0.102. The second kappa shape index (κ2) is 6.51. The molecule has 130 valence electrons. The minimum Gasteiger partial charge on any atom is -0.385 e. The van der Waals surface area contributed by atoms with Gasteiger partial charge in [-0.1, -0.05) is 0 Å². The van der Waals surface area contributed by atoms with Crippen molar-refractivity contribution in [2.24, 2.45) is 5.41 Å². The quantitative estimate of drug-likeness (QED) is 0.802. The number of urea groups is 1. The smallest absolute Gasteiger partial charge is 0.385 e. The maximum absolute atomic E-state index is 12.9. The Kier molecular flexibility index (Phi) is 5.58. The van der Waals surface area contributed by atoms with E-state index in [9.17, 15) is 31.1 Å². The lowest BCUT2D eigenvalue weighted by Crippen LogP contribution is -2.53. The van der Waals surface area contributed by atoms with Crippen LogP contribution in [0.2, 0.25) is 0 Å². The van der Waals surface area contributed by atoms with Gasteiger partial charge in [-0.25, -0.2) is 4.79 Å². The Morgan fingerprint density at radius 2 is 1.82 bits per heavy atom. The molecule has 0 bridgehead atoms. The van der Waals surface area contributed by atoms with E-state index in [1.165, 1.54) is 7.11 Å². The second-order valence-electron chi connectivity index (χ2n) is 5.38. The minimum absolute atomic E-state index is 0.316. The number of hydrogen-bond acceptors (Lipinski definition) is 2. The summed E-state index contributed by atoms with van der Waals surface area (Å²) in [6, 6.07) is -1.35. The van der Waals surface area contributed by atoms with E-state index in [-0.39, 0.29) is 0 Å². The van der Waals surface area contributed by atoms with E-state index in [0.29, 0.717) is 17.9 Å². The van der Waals surface area contributed by atoms with Gasteiger partial charge in [0.2, 0.25) is 0 Å². The highest BCUT2D eigenvalue weighted by Crippen LogP contribution is 2.55. The number of likely N-dealkylation sites (tertiary alicyclic amines) is 1. The predicted molar refractivity (Wildman–Crippen MR) is 65.2 cm³/mol. The molecule has 10 heteroatoms. The monoisotopic (exact) mass is 336 g/mol. The van der Waals surface area contributed by atoms with Crippen molar-refractivity contribution in [3.05, 3.63) is 0 Å². The largest absolute Gasteiger partial charge is 0.404 e. The van der Waals surface area contributed by atoms with Crippen LogP contribution in [0.25, 0.3) is 0 Å². The standard InChI is InChI=1S/C12H18F6N2O2/c1-8(3-6-22-2)19-9(21)20-5-4-10(7-20,11(13,14)15)12(16,17)18/h8H,3-7H2,1-2H3,(H,19,21)/t8-/m1/s1. The van der Waals surface area contributed by atoms with Crippen LogP contribution in [0.5, 0.6) is 0 Å². The molecular weight excluding hydrogens is 318 g/mol. The summed E-state index contributed by atoms with van der Waals surface area (Å²) in [5.41, 5.74) is -3.85. The van der Waals surface area contributed by atoms with Gasteiger partial charge < -0.3 is 15.0 Å². The fourth-order valence-electron chi connectivity index (χ4n) is 2.28. The lowest BCUT2D eigenvalue weighted by Gasteiger charge is -2.33. The molecule has 0 aromatic rings. The van der Waals surface area contributed by atoms with E-state index in [1.54, 1.807) is 6.92 Å². The van der Waals surface area contributed by atoms with Crippen LogP contribution in [0.4, 0.5) is 31.1 Å². The zero-order valence-electron chi connectivity index (χ0n) is 12.1. The maximum Gasteiger partial charge on any atom is 0.404 e. The minimum atomic E-state index is -5.46. The number of hydrogen-bond donors (Lipinski definition) is 1. The fraction of sp³-hybridized carbons (Fsp3) is 0.917. The molecule has 0 aliphatic carbocycles. The third kappa shape index (κ3) is 3.76. The molecule has 1 aliphatic rings. The topological polar surface area (TPSA) is 41.6 Å². The Morgan fingerprint density at radius 1 is 1.27 bits per heavy atom. The van der Waals surface area contributed by atoms with Crippen LogP contribution in [0.1, 0.15) is 19.8 Å². The summed E-state index contributed by atoms with van der Waals surface area (Å²) in [7, 11) is 1.44. The maximum atomic E-state index is 12.9. The second-order valence-corrected chi connectivity index (χ2v) is 5.38. The number of carbonyl (C=O) groups is 1. The Bertz CT molecular complexity index is 382. The molecule has 1 saturated heterocycles. The number of amides is 2. The third-order valence-electron chi connectivity index (χ3n) is 3.77. The van der Waals surface area contributed by atoms with Crippen molar-refractivity contribution in [1.29, 1.82) is 0 Å². The van der Waals surface area contributed by atoms with Gasteiger partial charge in [-0.05, 0) is 19.8 Å². The first-order valence-corrected chi connectivity index (χ1v) is 6.62. The average molecular weight is 336 g/mol. The molecular formula is C12H18F6N2O2. The number of rotatable bonds is 4. The highest BCUT2D eigenvalue weighted by atomic mass is 19.4. The number of ether oxygens (including phenoxy) is 1. The van der Waals surface area contributed by atoms with Gasteiger partial charge in [0.15, 0.2) is 5.41 Å². The normalized spacial score (nSPS) is 20.1. The summed E-state index contributed by atoms with van der Waals surface area (Å²) in [5.74, 6) is 0. The first-order chi connectivity index (χ1) is 9.94. The highest BCUT2D eigenvalue weighted by molar-refractivity contribution is 5.75. The van der Waals surface area contributed by atoms with Gasteiger partial charge in [-0.15, -0.1) is 0 Å². The number of methoxy groups -OCH3 is 1. The Morgan fingerprint density at radius 3 is 2.23 bits per heavy atom. The third-order valence-corrected chi connectivity index (χ3v) is 3.77. The Balaban J connectivity index is 2.76. The first kappa shape index (κ1) is 18.9. The Hall–Kier alpha value is -1.19. The highest BCUT2D eigenvalue weighted by Gasteiger charge is 2.72. The lowest BCUT2D eigenvalue weighted by molar-refractivity contribution is -0.334. The van der Waals surface area contributed by atoms with Crippen LogP contribution in [-0.4, -0.2) is 56.1 Å². The Labute approximate surface area is 123 Å². The van der Waals surface area contributed by atoms with Crippen molar-refractivity contribution in [1.82, 2.24) is 10.2 Å². The van der Waals surface area contributed by atoms with E-state index >= 15 is 0 Å². The van der Waals surface area contributed by atoms with Crippen LogP contribution < -0.4 is 5.32 Å². The molecule has 1 rings (SSSR count). The van der Waals surface area contributed by atoms with E-state index in [2.05, 4.69) is 5.32 Å². The van der Waals surface area contributed by atoms with Gasteiger partial charge in [0, 0.05) is 32.8 Å². The van der Waals surface area contributed by atoms with Gasteiger partial charge in [-0.2, -0.15) is 26.3 Å². The molecule has 1 aliphatic heterocycles. The molecule has 0 aromatic carbocycles. The van der Waals surface area contributed by atoms with E-state index in [1.807, 2.05) is 0 Å². The molecule has 0 spiro atoms. The summed E-state index contributed by atoms with van der Waals surface area (Å²) < 4.78 is 82.1. The van der Waals surface area contributed by atoms with Crippen molar-refractivity contribution in [3.8, 4) is 0 Å². The summed E-state index contributed by atoms with van der Waals surface area (Å²) in [6.07, 6.45) is -11.7. The molecule has 2 amide bonds. The molecule has 4 nitrogen and oxygen atoms in total. The van der Waals surface area contributed by atoms with E-state index < -0.39 is 49.4 Å². The van der Waals surface area contributed by atoms with E-state index in [0.717, 1.165) is 0 Å². The predicted octanol–water partition coefficient (Wildman–Crippen LogP) is 2.94. The summed E-state index contributed by atoms with van der Waals surface area (Å²) in [4.78, 5) is 12.4. The average Bonchev–Trinajstić information content (AvgIpc) is 2.81. The zero-order valence-corrected chi connectivity index (χ0v) is 12.1. The lowest BCUT2D eigenvalue weighted by atomic mass is 9.85. The molecule has 1 atom stereocenters. The zero-order chi connectivity index (χ0) is 17.2.